The first kappa shape index (κ1) is 12.6. The number of hydrogen-bond donors (Lipinski definition) is 1. The highest BCUT2D eigenvalue weighted by atomic mass is 16.6. The number of nitro groups is 1. The first-order valence-electron chi connectivity index (χ1n) is 6.90. The quantitative estimate of drug-likeness (QED) is 0.627. The Kier molecular flexibility index (Phi) is 3.52. The van der Waals surface area contributed by atoms with E-state index in [2.05, 4.69) is 10.2 Å². The lowest BCUT2D eigenvalue weighted by Crippen LogP contribution is -2.27. The van der Waals surface area contributed by atoms with Crippen LogP contribution in [0.5, 0.6) is 0 Å². The molecule has 1 saturated carbocycles. The summed E-state index contributed by atoms with van der Waals surface area (Å²) >= 11 is 0. The summed E-state index contributed by atoms with van der Waals surface area (Å²) in [6.45, 7) is 3.94. The Morgan fingerprint density at radius 1 is 1.42 bits per heavy atom. The van der Waals surface area contributed by atoms with Crippen molar-refractivity contribution in [1.29, 1.82) is 0 Å². The lowest BCUT2D eigenvalue weighted by atomic mass is 10.1. The molecule has 3 rings (SSSR count). The van der Waals surface area contributed by atoms with E-state index in [1.54, 1.807) is 6.07 Å². The third-order valence-electron chi connectivity index (χ3n) is 3.94. The number of rotatable bonds is 6. The largest absolute Gasteiger partial charge is 0.433 e. The summed E-state index contributed by atoms with van der Waals surface area (Å²) in [4.78, 5) is 12.6. The van der Waals surface area contributed by atoms with Crippen LogP contribution in [-0.4, -0.2) is 35.5 Å². The second kappa shape index (κ2) is 5.30. The molecule has 104 valence electrons. The maximum Gasteiger partial charge on any atom is 0.433 e. The fraction of sp³-hybridized carbons (Fsp3) is 0.692. The van der Waals surface area contributed by atoms with Crippen molar-refractivity contribution in [1.82, 2.24) is 10.2 Å². The molecule has 0 amide bonds. The Balaban J connectivity index is 1.39. The number of nitrogens with zero attached hydrogens (tertiary/aromatic N) is 2. The van der Waals surface area contributed by atoms with Crippen molar-refractivity contribution in [2.75, 3.05) is 19.6 Å². The van der Waals surface area contributed by atoms with Gasteiger partial charge in [0, 0.05) is 12.6 Å². The van der Waals surface area contributed by atoms with Crippen molar-refractivity contribution >= 4 is 5.88 Å². The molecule has 0 spiro atoms. The fourth-order valence-electron chi connectivity index (χ4n) is 2.76. The average Bonchev–Trinajstić information content (AvgIpc) is 2.94. The zero-order chi connectivity index (χ0) is 13.2. The molecule has 0 aromatic carbocycles. The molecule has 1 saturated heterocycles. The van der Waals surface area contributed by atoms with Crippen LogP contribution in [-0.2, 0) is 6.54 Å². The van der Waals surface area contributed by atoms with Crippen LogP contribution in [0.1, 0.15) is 25.0 Å². The molecule has 19 heavy (non-hydrogen) atoms. The van der Waals surface area contributed by atoms with Gasteiger partial charge in [-0.1, -0.05) is 0 Å². The Morgan fingerprint density at radius 3 is 2.95 bits per heavy atom. The van der Waals surface area contributed by atoms with Gasteiger partial charge in [0.15, 0.2) is 0 Å². The highest BCUT2D eigenvalue weighted by Crippen LogP contribution is 2.31. The van der Waals surface area contributed by atoms with E-state index in [0.29, 0.717) is 18.2 Å². The minimum absolute atomic E-state index is 0.183. The number of nitrogens with one attached hydrogen (secondary N) is 1. The highest BCUT2D eigenvalue weighted by Gasteiger charge is 2.33. The summed E-state index contributed by atoms with van der Waals surface area (Å²) in [6, 6.07) is 3.93. The molecule has 2 heterocycles. The van der Waals surface area contributed by atoms with Gasteiger partial charge >= 0.3 is 5.88 Å². The number of hydrogen-bond acceptors (Lipinski definition) is 5. The Morgan fingerprint density at radius 2 is 2.26 bits per heavy atom. The third-order valence-corrected chi connectivity index (χ3v) is 3.94. The molecule has 6 nitrogen and oxygen atoms in total. The zero-order valence-electron chi connectivity index (χ0n) is 10.9. The predicted molar refractivity (Wildman–Crippen MR) is 69.8 cm³/mol. The Hall–Kier alpha value is -1.40. The molecule has 1 aromatic rings. The van der Waals surface area contributed by atoms with E-state index in [0.717, 1.165) is 12.6 Å². The van der Waals surface area contributed by atoms with Crippen LogP contribution < -0.4 is 5.32 Å². The van der Waals surface area contributed by atoms with Crippen LogP contribution in [0, 0.1) is 16.0 Å². The van der Waals surface area contributed by atoms with Gasteiger partial charge < -0.3 is 14.6 Å². The lowest BCUT2D eigenvalue weighted by Gasteiger charge is -2.14. The molecule has 0 radical (unpaired) electrons. The molecule has 1 unspecified atom stereocenters. The number of furan rings is 1. The van der Waals surface area contributed by atoms with Gasteiger partial charge in [0.2, 0.25) is 0 Å². The van der Waals surface area contributed by atoms with Crippen LogP contribution in [0.3, 0.4) is 0 Å². The van der Waals surface area contributed by atoms with E-state index in [9.17, 15) is 10.1 Å². The molecule has 1 atom stereocenters. The summed E-state index contributed by atoms with van der Waals surface area (Å²) in [5.74, 6) is 1.15. The van der Waals surface area contributed by atoms with E-state index >= 15 is 0 Å². The second-order valence-corrected chi connectivity index (χ2v) is 5.51. The summed E-state index contributed by atoms with van der Waals surface area (Å²) in [7, 11) is 0. The van der Waals surface area contributed by atoms with Gasteiger partial charge in [-0.05, 0) is 44.3 Å². The zero-order valence-corrected chi connectivity index (χ0v) is 10.9. The van der Waals surface area contributed by atoms with E-state index < -0.39 is 4.92 Å². The smallest absolute Gasteiger partial charge is 0.404 e. The summed E-state index contributed by atoms with van der Waals surface area (Å²) in [5.41, 5.74) is 0. The van der Waals surface area contributed by atoms with Gasteiger partial charge in [-0.15, -0.1) is 0 Å². The van der Waals surface area contributed by atoms with Crippen molar-refractivity contribution in [3.63, 3.8) is 0 Å². The van der Waals surface area contributed by atoms with Crippen LogP contribution in [0.15, 0.2) is 16.5 Å². The normalized spacial score (nSPS) is 23.9. The molecule has 6 heteroatoms. The molecule has 1 N–H and O–H groups in total. The Bertz CT molecular complexity index is 456. The summed E-state index contributed by atoms with van der Waals surface area (Å²) in [6.07, 6.45) is 3.99. The molecular formula is C13H19N3O3. The van der Waals surface area contributed by atoms with Crippen molar-refractivity contribution in [2.24, 2.45) is 5.92 Å². The monoisotopic (exact) mass is 265 g/mol. The maximum absolute atomic E-state index is 10.5. The predicted octanol–water partition coefficient (Wildman–Crippen LogP) is 1.76. The van der Waals surface area contributed by atoms with E-state index in [-0.39, 0.29) is 5.88 Å². The van der Waals surface area contributed by atoms with E-state index in [1.807, 2.05) is 0 Å². The van der Waals surface area contributed by atoms with Crippen molar-refractivity contribution in [3.8, 4) is 0 Å². The first-order valence-corrected chi connectivity index (χ1v) is 6.90. The van der Waals surface area contributed by atoms with Crippen LogP contribution >= 0.6 is 0 Å². The van der Waals surface area contributed by atoms with Gasteiger partial charge in [-0.3, -0.25) is 10.1 Å². The van der Waals surface area contributed by atoms with Crippen molar-refractivity contribution < 1.29 is 9.34 Å². The SMILES string of the molecule is O=[N+]([O-])c1ccc(CNCC2CCN(C3CC3)C2)o1. The lowest BCUT2D eigenvalue weighted by molar-refractivity contribution is -0.402. The molecule has 1 aromatic heterocycles. The molecule has 0 bridgehead atoms. The van der Waals surface area contributed by atoms with Crippen molar-refractivity contribution in [3.05, 3.63) is 28.0 Å². The Labute approximate surface area is 111 Å². The summed E-state index contributed by atoms with van der Waals surface area (Å²) < 4.78 is 5.11. The standard InChI is InChI=1S/C13H19N3O3/c17-16(18)13-4-3-12(19-13)8-14-7-10-5-6-15(9-10)11-1-2-11/h3-4,10-11,14H,1-2,5-9H2. The minimum atomic E-state index is -0.506. The minimum Gasteiger partial charge on any atom is -0.404 e. The van der Waals surface area contributed by atoms with Gasteiger partial charge in [-0.25, -0.2) is 0 Å². The molecule has 2 fully saturated rings. The van der Waals surface area contributed by atoms with Gasteiger partial charge in [-0.2, -0.15) is 0 Å². The first-order chi connectivity index (χ1) is 9.22. The van der Waals surface area contributed by atoms with Crippen molar-refractivity contribution in [2.45, 2.75) is 31.8 Å². The number of likely N-dealkylation sites (tertiary alicyclic amines) is 1. The molecule has 1 aliphatic carbocycles. The second-order valence-electron chi connectivity index (χ2n) is 5.51. The van der Waals surface area contributed by atoms with Gasteiger partial charge in [0.25, 0.3) is 0 Å². The average molecular weight is 265 g/mol. The fourth-order valence-corrected chi connectivity index (χ4v) is 2.76. The van der Waals surface area contributed by atoms with Gasteiger partial charge in [0.05, 0.1) is 12.6 Å². The maximum atomic E-state index is 10.5. The molecular weight excluding hydrogens is 246 g/mol. The van der Waals surface area contributed by atoms with Crippen LogP contribution in [0.2, 0.25) is 0 Å². The van der Waals surface area contributed by atoms with Crippen LogP contribution in [0.25, 0.3) is 0 Å². The van der Waals surface area contributed by atoms with Gasteiger partial charge in [0.1, 0.15) is 10.7 Å². The van der Waals surface area contributed by atoms with E-state index in [4.69, 9.17) is 4.42 Å². The van der Waals surface area contributed by atoms with E-state index in [1.165, 1.54) is 38.4 Å². The van der Waals surface area contributed by atoms with Crippen LogP contribution in [0.4, 0.5) is 5.88 Å². The summed E-state index contributed by atoms with van der Waals surface area (Å²) in [5, 5.41) is 13.8. The molecule has 1 aliphatic heterocycles. The highest BCUT2D eigenvalue weighted by molar-refractivity contribution is 5.17. The molecule has 2 aliphatic rings. The topological polar surface area (TPSA) is 71.6 Å². The third kappa shape index (κ3) is 3.13.